The van der Waals surface area contributed by atoms with Crippen molar-refractivity contribution >= 4 is 24.8 Å². The van der Waals surface area contributed by atoms with E-state index in [1.165, 1.54) is 17.7 Å². The molecule has 0 spiro atoms. The second kappa shape index (κ2) is 6.48. The Bertz CT molecular complexity index is 323. The van der Waals surface area contributed by atoms with Gasteiger partial charge in [-0.15, -0.1) is 24.8 Å². The van der Waals surface area contributed by atoms with Crippen LogP contribution in [0.15, 0.2) is 6.20 Å². The van der Waals surface area contributed by atoms with Crippen LogP contribution < -0.4 is 5.73 Å². The molecule has 3 nitrogen and oxygen atoms in total. The van der Waals surface area contributed by atoms with Crippen LogP contribution in [-0.4, -0.2) is 15.8 Å². The van der Waals surface area contributed by atoms with Gasteiger partial charge in [0.25, 0.3) is 0 Å². The average Bonchev–Trinajstić information content (AvgIpc) is 2.41. The number of nitrogens with two attached hydrogens (primary N) is 1. The molecule has 0 aliphatic heterocycles. The molecule has 1 aliphatic rings. The van der Waals surface area contributed by atoms with Gasteiger partial charge in [-0.05, 0) is 38.7 Å². The molecule has 0 saturated heterocycles. The summed E-state index contributed by atoms with van der Waals surface area (Å²) >= 11 is 0. The van der Waals surface area contributed by atoms with E-state index in [0.29, 0.717) is 12.1 Å². The molecule has 2 N–H and O–H groups in total. The van der Waals surface area contributed by atoms with Crippen LogP contribution >= 0.6 is 24.8 Å². The molecule has 1 aromatic heterocycles. The first-order valence-electron chi connectivity index (χ1n) is 5.49. The number of hydrogen-bond donors (Lipinski definition) is 1. The number of aryl methyl sites for hydroxylation is 1. The van der Waals surface area contributed by atoms with Crippen LogP contribution in [0.5, 0.6) is 0 Å². The van der Waals surface area contributed by atoms with Crippen LogP contribution in [0.2, 0.25) is 0 Å². The first kappa shape index (κ1) is 15.8. The Balaban J connectivity index is 0.00000112. The minimum Gasteiger partial charge on any atom is -0.327 e. The van der Waals surface area contributed by atoms with Crippen molar-refractivity contribution in [2.45, 2.75) is 51.6 Å². The highest BCUT2D eigenvalue weighted by atomic mass is 35.5. The quantitative estimate of drug-likeness (QED) is 0.794. The number of nitrogens with zero attached hydrogens (tertiary/aromatic N) is 2. The van der Waals surface area contributed by atoms with E-state index < -0.39 is 0 Å². The van der Waals surface area contributed by atoms with Crippen molar-refractivity contribution in [1.82, 2.24) is 9.78 Å². The molecule has 0 fully saturated rings. The molecule has 16 heavy (non-hydrogen) atoms. The lowest BCUT2D eigenvalue weighted by Gasteiger charge is -2.13. The van der Waals surface area contributed by atoms with Gasteiger partial charge in [0.15, 0.2) is 0 Å². The molecule has 0 saturated carbocycles. The van der Waals surface area contributed by atoms with Crippen molar-refractivity contribution in [2.75, 3.05) is 0 Å². The zero-order valence-electron chi connectivity index (χ0n) is 9.85. The molecule has 1 atom stereocenters. The summed E-state index contributed by atoms with van der Waals surface area (Å²) in [6, 6.07) is 0.773. The van der Waals surface area contributed by atoms with E-state index in [1.54, 1.807) is 0 Å². The van der Waals surface area contributed by atoms with Gasteiger partial charge in [-0.2, -0.15) is 5.10 Å². The third-order valence-electron chi connectivity index (χ3n) is 2.95. The summed E-state index contributed by atoms with van der Waals surface area (Å²) in [5, 5.41) is 4.43. The molecule has 0 radical (unpaired) electrons. The first-order chi connectivity index (χ1) is 6.68. The summed E-state index contributed by atoms with van der Waals surface area (Å²) in [7, 11) is 0. The Morgan fingerprint density at radius 2 is 2.12 bits per heavy atom. The van der Waals surface area contributed by atoms with Crippen molar-refractivity contribution in [2.24, 2.45) is 5.73 Å². The monoisotopic (exact) mass is 265 g/mol. The number of hydrogen-bond acceptors (Lipinski definition) is 2. The highest BCUT2D eigenvalue weighted by molar-refractivity contribution is 5.85. The van der Waals surface area contributed by atoms with E-state index in [-0.39, 0.29) is 24.8 Å². The minimum absolute atomic E-state index is 0. The summed E-state index contributed by atoms with van der Waals surface area (Å²) in [4.78, 5) is 0. The summed E-state index contributed by atoms with van der Waals surface area (Å²) in [6.07, 6.45) is 6.52. The van der Waals surface area contributed by atoms with Gasteiger partial charge in [0, 0.05) is 24.2 Å². The van der Waals surface area contributed by atoms with Crippen molar-refractivity contribution in [1.29, 1.82) is 0 Å². The van der Waals surface area contributed by atoms with Gasteiger partial charge in [0.05, 0.1) is 6.20 Å². The maximum atomic E-state index is 6.04. The Morgan fingerprint density at radius 3 is 2.75 bits per heavy atom. The third kappa shape index (κ3) is 3.12. The zero-order valence-corrected chi connectivity index (χ0v) is 11.5. The fourth-order valence-corrected chi connectivity index (χ4v) is 2.21. The summed E-state index contributed by atoms with van der Waals surface area (Å²) in [5.74, 6) is 0. The lowest BCUT2D eigenvalue weighted by molar-refractivity contribution is 0.492. The van der Waals surface area contributed by atoms with Gasteiger partial charge in [0.2, 0.25) is 0 Å². The van der Waals surface area contributed by atoms with Crippen molar-refractivity contribution in [3.05, 3.63) is 17.5 Å². The molecule has 0 aromatic carbocycles. The number of aromatic nitrogens is 2. The smallest absolute Gasteiger partial charge is 0.0524 e. The van der Waals surface area contributed by atoms with Gasteiger partial charge in [-0.1, -0.05) is 0 Å². The number of halogens is 2. The third-order valence-corrected chi connectivity index (χ3v) is 2.95. The standard InChI is InChI=1S/C11H19N3.2ClH/c1-8(2)14-11-6-10(12)5-3-4-9(11)7-13-14;;/h7-8,10H,3-6,12H2,1-2H3;2*1H. The second-order valence-corrected chi connectivity index (χ2v) is 4.51. The maximum absolute atomic E-state index is 6.04. The van der Waals surface area contributed by atoms with Gasteiger partial charge in [0.1, 0.15) is 0 Å². The highest BCUT2D eigenvalue weighted by Crippen LogP contribution is 2.22. The minimum atomic E-state index is 0. The molecule has 5 heteroatoms. The van der Waals surface area contributed by atoms with E-state index in [1.807, 2.05) is 6.20 Å². The van der Waals surface area contributed by atoms with Crippen molar-refractivity contribution < 1.29 is 0 Å². The highest BCUT2D eigenvalue weighted by Gasteiger charge is 2.18. The Labute approximate surface area is 110 Å². The van der Waals surface area contributed by atoms with Crippen LogP contribution in [0, 0.1) is 0 Å². The zero-order chi connectivity index (χ0) is 10.1. The fraction of sp³-hybridized carbons (Fsp3) is 0.727. The molecule has 2 rings (SSSR count). The average molecular weight is 266 g/mol. The summed E-state index contributed by atoms with van der Waals surface area (Å²) in [6.45, 7) is 4.34. The van der Waals surface area contributed by atoms with Gasteiger partial charge in [-0.3, -0.25) is 4.68 Å². The van der Waals surface area contributed by atoms with E-state index >= 15 is 0 Å². The molecule has 1 unspecified atom stereocenters. The Kier molecular flexibility index (Phi) is 6.38. The van der Waals surface area contributed by atoms with E-state index in [4.69, 9.17) is 5.73 Å². The Morgan fingerprint density at radius 1 is 1.44 bits per heavy atom. The molecular formula is C11H21Cl2N3. The molecule has 1 aliphatic carbocycles. The largest absolute Gasteiger partial charge is 0.327 e. The van der Waals surface area contributed by atoms with Crippen molar-refractivity contribution in [3.63, 3.8) is 0 Å². The van der Waals surface area contributed by atoms with Crippen LogP contribution in [-0.2, 0) is 12.8 Å². The molecule has 0 bridgehead atoms. The fourth-order valence-electron chi connectivity index (χ4n) is 2.21. The van der Waals surface area contributed by atoms with Crippen LogP contribution in [0.1, 0.15) is 44.0 Å². The van der Waals surface area contributed by atoms with Gasteiger partial charge < -0.3 is 5.73 Å². The number of fused-ring (bicyclic) bond motifs is 1. The normalized spacial score (nSPS) is 19.4. The topological polar surface area (TPSA) is 43.8 Å². The number of rotatable bonds is 1. The first-order valence-corrected chi connectivity index (χ1v) is 5.49. The lowest BCUT2D eigenvalue weighted by atomic mass is 10.1. The maximum Gasteiger partial charge on any atom is 0.0524 e. The SMILES string of the molecule is CC(C)n1ncc2c1CC(N)CCC2.Cl.Cl. The molecule has 1 aromatic rings. The van der Waals surface area contributed by atoms with E-state index in [9.17, 15) is 0 Å². The summed E-state index contributed by atoms with van der Waals surface area (Å²) in [5.41, 5.74) is 8.81. The van der Waals surface area contributed by atoms with Gasteiger partial charge in [-0.25, -0.2) is 0 Å². The predicted molar refractivity (Wildman–Crippen MR) is 71.7 cm³/mol. The second-order valence-electron chi connectivity index (χ2n) is 4.51. The molecule has 0 amide bonds. The van der Waals surface area contributed by atoms with Crippen LogP contribution in [0.25, 0.3) is 0 Å². The molecular weight excluding hydrogens is 245 g/mol. The Hall–Kier alpha value is -0.250. The molecule has 1 heterocycles. The van der Waals surface area contributed by atoms with Crippen LogP contribution in [0.4, 0.5) is 0 Å². The van der Waals surface area contributed by atoms with E-state index in [0.717, 1.165) is 19.3 Å². The molecule has 94 valence electrons. The van der Waals surface area contributed by atoms with Crippen LogP contribution in [0.3, 0.4) is 0 Å². The predicted octanol–water partition coefficient (Wildman–Crippen LogP) is 2.51. The summed E-state index contributed by atoms with van der Waals surface area (Å²) < 4.78 is 2.13. The van der Waals surface area contributed by atoms with E-state index in [2.05, 4.69) is 23.6 Å². The van der Waals surface area contributed by atoms with Gasteiger partial charge >= 0.3 is 0 Å². The van der Waals surface area contributed by atoms with Crippen molar-refractivity contribution in [3.8, 4) is 0 Å². The lowest BCUT2D eigenvalue weighted by Crippen LogP contribution is -2.23.